The number of thiophene rings is 1. The third kappa shape index (κ3) is 4.26. The van der Waals surface area contributed by atoms with Gasteiger partial charge in [-0.05, 0) is 37.3 Å². The highest BCUT2D eigenvalue weighted by atomic mass is 32.2. The largest absolute Gasteiger partial charge is 0.380 e. The molecule has 0 radical (unpaired) electrons. The average Bonchev–Trinajstić information content (AvgIpc) is 2.89. The summed E-state index contributed by atoms with van der Waals surface area (Å²) in [7, 11) is -3.44. The third-order valence-electron chi connectivity index (χ3n) is 3.19. The van der Waals surface area contributed by atoms with E-state index < -0.39 is 10.0 Å². The van der Waals surface area contributed by atoms with Crippen molar-refractivity contribution in [3.05, 3.63) is 16.3 Å². The van der Waals surface area contributed by atoms with Crippen LogP contribution >= 0.6 is 11.3 Å². The Balaban J connectivity index is 2.03. The van der Waals surface area contributed by atoms with Gasteiger partial charge in [-0.1, -0.05) is 6.92 Å². The fraction of sp³-hybridized carbons (Fsp3) is 0.692. The van der Waals surface area contributed by atoms with Crippen LogP contribution in [0.1, 0.15) is 31.1 Å². The molecule has 1 saturated heterocycles. The van der Waals surface area contributed by atoms with E-state index >= 15 is 0 Å². The zero-order valence-electron chi connectivity index (χ0n) is 11.7. The minimum absolute atomic E-state index is 0.106. The first-order valence-electron chi connectivity index (χ1n) is 7.00. The van der Waals surface area contributed by atoms with Crippen molar-refractivity contribution in [2.45, 2.75) is 43.7 Å². The molecule has 2 N–H and O–H groups in total. The van der Waals surface area contributed by atoms with Crippen LogP contribution in [-0.2, 0) is 21.3 Å². The van der Waals surface area contributed by atoms with E-state index in [1.807, 2.05) is 5.38 Å². The monoisotopic (exact) mass is 318 g/mol. The minimum Gasteiger partial charge on any atom is -0.380 e. The standard InChI is InChI=1S/C13H22N2O3S2/c1-2-6-14-9-12-13(5-8-19-12)20(16,17)15-11-4-3-7-18-10-11/h5,8,11,14-15H,2-4,6-7,9-10H2,1H3. The van der Waals surface area contributed by atoms with Gasteiger partial charge in [0.15, 0.2) is 0 Å². The van der Waals surface area contributed by atoms with E-state index in [1.165, 1.54) is 11.3 Å². The Labute approximate surface area is 124 Å². The molecule has 0 bridgehead atoms. The van der Waals surface area contributed by atoms with E-state index in [4.69, 9.17) is 4.74 Å². The number of sulfonamides is 1. The first-order chi connectivity index (χ1) is 9.63. The fourth-order valence-corrected chi connectivity index (χ4v) is 4.86. The Morgan fingerprint density at radius 3 is 3.05 bits per heavy atom. The molecule has 0 amide bonds. The van der Waals surface area contributed by atoms with Gasteiger partial charge in [0.2, 0.25) is 10.0 Å². The van der Waals surface area contributed by atoms with Crippen molar-refractivity contribution in [2.24, 2.45) is 0 Å². The average molecular weight is 318 g/mol. The van der Waals surface area contributed by atoms with Crippen LogP contribution in [0, 0.1) is 0 Å². The second-order valence-electron chi connectivity index (χ2n) is 4.92. The fourth-order valence-electron chi connectivity index (χ4n) is 2.19. The molecule has 1 aromatic rings. The SMILES string of the molecule is CCCNCc1sccc1S(=O)(=O)NC1CCCOC1. The summed E-state index contributed by atoms with van der Waals surface area (Å²) in [6.07, 6.45) is 2.78. The molecule has 1 aliphatic heterocycles. The maximum absolute atomic E-state index is 12.4. The quantitative estimate of drug-likeness (QED) is 0.751. The summed E-state index contributed by atoms with van der Waals surface area (Å²) >= 11 is 1.48. The van der Waals surface area contributed by atoms with Gasteiger partial charge in [-0.15, -0.1) is 11.3 Å². The lowest BCUT2D eigenvalue weighted by molar-refractivity contribution is 0.0774. The van der Waals surface area contributed by atoms with Crippen LogP contribution in [0.5, 0.6) is 0 Å². The zero-order valence-corrected chi connectivity index (χ0v) is 13.4. The lowest BCUT2D eigenvalue weighted by Gasteiger charge is -2.23. The molecule has 20 heavy (non-hydrogen) atoms. The smallest absolute Gasteiger partial charge is 0.242 e. The van der Waals surface area contributed by atoms with E-state index in [0.29, 0.717) is 18.0 Å². The van der Waals surface area contributed by atoms with Gasteiger partial charge in [0.05, 0.1) is 11.5 Å². The number of hydrogen-bond donors (Lipinski definition) is 2. The molecule has 1 fully saturated rings. The van der Waals surface area contributed by atoms with Gasteiger partial charge in [-0.25, -0.2) is 13.1 Å². The first-order valence-corrected chi connectivity index (χ1v) is 9.37. The summed E-state index contributed by atoms with van der Waals surface area (Å²) in [6.45, 7) is 4.77. The molecule has 7 heteroatoms. The Kier molecular flexibility index (Phi) is 5.98. The van der Waals surface area contributed by atoms with Crippen LogP contribution in [0.25, 0.3) is 0 Å². The Bertz CT molecular complexity index is 507. The molecule has 1 aliphatic rings. The number of nitrogens with one attached hydrogen (secondary N) is 2. The van der Waals surface area contributed by atoms with Gasteiger partial charge in [0.1, 0.15) is 0 Å². The predicted octanol–water partition coefficient (Wildman–Crippen LogP) is 1.70. The zero-order chi connectivity index (χ0) is 14.4. The van der Waals surface area contributed by atoms with Gasteiger partial charge < -0.3 is 10.1 Å². The van der Waals surface area contributed by atoms with Gasteiger partial charge >= 0.3 is 0 Å². The van der Waals surface area contributed by atoms with Crippen LogP contribution in [0.3, 0.4) is 0 Å². The summed E-state index contributed by atoms with van der Waals surface area (Å²) < 4.78 is 32.9. The van der Waals surface area contributed by atoms with E-state index in [9.17, 15) is 8.42 Å². The Morgan fingerprint density at radius 2 is 2.35 bits per heavy atom. The van der Waals surface area contributed by atoms with Crippen molar-refractivity contribution in [3.63, 3.8) is 0 Å². The topological polar surface area (TPSA) is 67.4 Å². The van der Waals surface area contributed by atoms with E-state index in [-0.39, 0.29) is 6.04 Å². The first kappa shape index (κ1) is 15.9. The highest BCUT2D eigenvalue weighted by Crippen LogP contribution is 2.22. The highest BCUT2D eigenvalue weighted by molar-refractivity contribution is 7.89. The normalized spacial score (nSPS) is 20.1. The highest BCUT2D eigenvalue weighted by Gasteiger charge is 2.24. The van der Waals surface area contributed by atoms with Gasteiger partial charge in [0, 0.05) is 24.1 Å². The van der Waals surface area contributed by atoms with Gasteiger partial charge in [-0.2, -0.15) is 0 Å². The summed E-state index contributed by atoms with van der Waals surface area (Å²) in [6, 6.07) is 1.57. The molecular formula is C13H22N2O3S2. The summed E-state index contributed by atoms with van der Waals surface area (Å²) in [4.78, 5) is 1.26. The summed E-state index contributed by atoms with van der Waals surface area (Å²) in [5.41, 5.74) is 0. The van der Waals surface area contributed by atoms with Crippen molar-refractivity contribution in [1.29, 1.82) is 0 Å². The van der Waals surface area contributed by atoms with Crippen molar-refractivity contribution in [2.75, 3.05) is 19.8 Å². The second kappa shape index (κ2) is 7.51. The van der Waals surface area contributed by atoms with Gasteiger partial charge in [-0.3, -0.25) is 0 Å². The van der Waals surface area contributed by atoms with Crippen molar-refractivity contribution >= 4 is 21.4 Å². The minimum atomic E-state index is -3.44. The van der Waals surface area contributed by atoms with Crippen molar-refractivity contribution < 1.29 is 13.2 Å². The van der Waals surface area contributed by atoms with Crippen LogP contribution in [0.2, 0.25) is 0 Å². The Morgan fingerprint density at radius 1 is 1.50 bits per heavy atom. The van der Waals surface area contributed by atoms with Crippen LogP contribution in [-0.4, -0.2) is 34.2 Å². The molecule has 5 nitrogen and oxygen atoms in total. The number of ether oxygens (including phenoxy) is 1. The molecule has 0 aromatic carbocycles. The van der Waals surface area contributed by atoms with Crippen molar-refractivity contribution in [1.82, 2.24) is 10.0 Å². The number of rotatable bonds is 7. The predicted molar refractivity (Wildman–Crippen MR) is 80.5 cm³/mol. The number of hydrogen-bond acceptors (Lipinski definition) is 5. The molecule has 1 aromatic heterocycles. The maximum Gasteiger partial charge on any atom is 0.242 e. The van der Waals surface area contributed by atoms with Gasteiger partial charge in [0.25, 0.3) is 0 Å². The molecule has 2 heterocycles. The summed E-state index contributed by atoms with van der Waals surface area (Å²) in [5, 5.41) is 5.08. The van der Waals surface area contributed by atoms with Crippen LogP contribution in [0.4, 0.5) is 0 Å². The molecule has 0 saturated carbocycles. The molecule has 0 aliphatic carbocycles. The molecule has 1 unspecified atom stereocenters. The van der Waals surface area contributed by atoms with E-state index in [0.717, 1.165) is 37.3 Å². The van der Waals surface area contributed by atoms with E-state index in [2.05, 4.69) is 17.0 Å². The molecule has 0 spiro atoms. The lowest BCUT2D eigenvalue weighted by Crippen LogP contribution is -2.40. The van der Waals surface area contributed by atoms with Crippen LogP contribution < -0.4 is 10.0 Å². The Hall–Kier alpha value is -0.470. The maximum atomic E-state index is 12.4. The second-order valence-corrected chi connectivity index (χ2v) is 7.60. The van der Waals surface area contributed by atoms with Crippen molar-refractivity contribution in [3.8, 4) is 0 Å². The molecule has 2 rings (SSSR count). The third-order valence-corrected chi connectivity index (χ3v) is 5.84. The molecule has 1 atom stereocenters. The molecule has 114 valence electrons. The van der Waals surface area contributed by atoms with Crippen LogP contribution in [0.15, 0.2) is 16.3 Å². The van der Waals surface area contributed by atoms with E-state index in [1.54, 1.807) is 6.07 Å². The summed E-state index contributed by atoms with van der Waals surface area (Å²) in [5.74, 6) is 0. The molecular weight excluding hydrogens is 296 g/mol. The lowest BCUT2D eigenvalue weighted by atomic mass is 10.1.